The SMILES string of the molecule is NC(=O)Oc1c[c]ccc1OC(N)=O. The van der Waals surface area contributed by atoms with Crippen LogP contribution < -0.4 is 20.9 Å². The number of rotatable bonds is 2. The number of benzene rings is 1. The first kappa shape index (κ1) is 9.85. The molecule has 0 aromatic heterocycles. The third-order valence-corrected chi connectivity index (χ3v) is 1.21. The van der Waals surface area contributed by atoms with Gasteiger partial charge in [-0.05, 0) is 18.2 Å². The van der Waals surface area contributed by atoms with Crippen molar-refractivity contribution in [3.05, 3.63) is 24.3 Å². The Hall–Kier alpha value is -2.24. The molecule has 1 radical (unpaired) electrons. The minimum atomic E-state index is -1.01. The molecule has 2 amide bonds. The third kappa shape index (κ3) is 2.67. The van der Waals surface area contributed by atoms with E-state index in [1.165, 1.54) is 18.2 Å². The first-order chi connectivity index (χ1) is 6.59. The van der Waals surface area contributed by atoms with E-state index in [0.717, 1.165) is 0 Å². The highest BCUT2D eigenvalue weighted by Crippen LogP contribution is 2.25. The van der Waals surface area contributed by atoms with Crippen molar-refractivity contribution in [1.82, 2.24) is 0 Å². The van der Waals surface area contributed by atoms with E-state index in [-0.39, 0.29) is 11.5 Å². The van der Waals surface area contributed by atoms with Gasteiger partial charge in [-0.15, -0.1) is 0 Å². The predicted octanol–water partition coefficient (Wildman–Crippen LogP) is 0.402. The van der Waals surface area contributed by atoms with Crippen molar-refractivity contribution in [2.75, 3.05) is 0 Å². The largest absolute Gasteiger partial charge is 0.410 e. The molecular weight excluding hydrogens is 188 g/mol. The minimum absolute atomic E-state index is 0.00931. The molecule has 0 atom stereocenters. The highest BCUT2D eigenvalue weighted by atomic mass is 16.6. The molecule has 1 rings (SSSR count). The van der Waals surface area contributed by atoms with Crippen LogP contribution in [0.1, 0.15) is 0 Å². The molecule has 0 unspecified atom stereocenters. The monoisotopic (exact) mass is 195 g/mol. The van der Waals surface area contributed by atoms with Crippen LogP contribution in [0.5, 0.6) is 11.5 Å². The van der Waals surface area contributed by atoms with Crippen molar-refractivity contribution in [3.8, 4) is 11.5 Å². The molecule has 0 spiro atoms. The van der Waals surface area contributed by atoms with E-state index in [0.29, 0.717) is 0 Å². The Balaban J connectivity index is 2.90. The molecule has 0 bridgehead atoms. The number of nitrogens with two attached hydrogens (primary N) is 2. The summed E-state index contributed by atoms with van der Waals surface area (Å²) in [6.07, 6.45) is -2.02. The summed E-state index contributed by atoms with van der Waals surface area (Å²) in [5.74, 6) is -0.00569. The fourth-order valence-corrected chi connectivity index (χ4v) is 0.782. The number of ether oxygens (including phenoxy) is 2. The second-order valence-electron chi connectivity index (χ2n) is 2.22. The van der Waals surface area contributed by atoms with Gasteiger partial charge in [0, 0.05) is 0 Å². The Morgan fingerprint density at radius 3 is 2.29 bits per heavy atom. The van der Waals surface area contributed by atoms with Gasteiger partial charge in [0.05, 0.1) is 0 Å². The molecule has 0 aliphatic heterocycles. The van der Waals surface area contributed by atoms with E-state index >= 15 is 0 Å². The fourth-order valence-electron chi connectivity index (χ4n) is 0.782. The summed E-state index contributed by atoms with van der Waals surface area (Å²) in [5, 5.41) is 0. The van der Waals surface area contributed by atoms with Crippen LogP contribution in [0.15, 0.2) is 18.2 Å². The summed E-state index contributed by atoms with van der Waals surface area (Å²) in [6.45, 7) is 0. The molecule has 0 aliphatic carbocycles. The molecule has 4 N–H and O–H groups in total. The third-order valence-electron chi connectivity index (χ3n) is 1.21. The van der Waals surface area contributed by atoms with Crippen LogP contribution in [-0.4, -0.2) is 12.2 Å². The van der Waals surface area contributed by atoms with Crippen LogP contribution >= 0.6 is 0 Å². The molecular formula is C8H7N2O4. The molecule has 1 aromatic carbocycles. The predicted molar refractivity (Wildman–Crippen MR) is 45.7 cm³/mol. The standard InChI is InChI=1S/C8H7N2O4/c9-7(11)13-5-3-1-2-4-6(5)14-8(10)12/h1,3-4H,(H2,9,11)(H2,10,12). The number of hydrogen-bond donors (Lipinski definition) is 2. The maximum atomic E-state index is 10.4. The van der Waals surface area contributed by atoms with E-state index < -0.39 is 12.2 Å². The van der Waals surface area contributed by atoms with E-state index in [4.69, 9.17) is 11.5 Å². The first-order valence-electron chi connectivity index (χ1n) is 3.54. The molecule has 6 heteroatoms. The van der Waals surface area contributed by atoms with Gasteiger partial charge in [0.25, 0.3) is 0 Å². The fraction of sp³-hybridized carbons (Fsp3) is 0. The van der Waals surface area contributed by atoms with Gasteiger partial charge in [-0.2, -0.15) is 0 Å². The highest BCUT2D eigenvalue weighted by molar-refractivity contribution is 5.72. The van der Waals surface area contributed by atoms with Crippen LogP contribution in [0.4, 0.5) is 9.59 Å². The summed E-state index contributed by atoms with van der Waals surface area (Å²) >= 11 is 0. The lowest BCUT2D eigenvalue weighted by molar-refractivity contribution is 0.200. The van der Waals surface area contributed by atoms with Crippen molar-refractivity contribution in [2.45, 2.75) is 0 Å². The number of primary amides is 2. The van der Waals surface area contributed by atoms with Crippen LogP contribution in [-0.2, 0) is 0 Å². The van der Waals surface area contributed by atoms with Crippen molar-refractivity contribution in [1.29, 1.82) is 0 Å². The maximum Gasteiger partial charge on any atom is 0.410 e. The molecule has 0 heterocycles. The zero-order valence-corrected chi connectivity index (χ0v) is 7.02. The Morgan fingerprint density at radius 1 is 1.14 bits per heavy atom. The molecule has 6 nitrogen and oxygen atoms in total. The van der Waals surface area contributed by atoms with E-state index in [1.807, 2.05) is 0 Å². The Kier molecular flexibility index (Phi) is 2.90. The van der Waals surface area contributed by atoms with E-state index in [1.54, 1.807) is 0 Å². The Labute approximate surface area is 79.4 Å². The van der Waals surface area contributed by atoms with Gasteiger partial charge in [0.15, 0.2) is 11.5 Å². The molecule has 0 saturated carbocycles. The first-order valence-corrected chi connectivity index (χ1v) is 3.54. The van der Waals surface area contributed by atoms with Crippen LogP contribution in [0, 0.1) is 6.07 Å². The topological polar surface area (TPSA) is 105 Å². The summed E-state index contributed by atoms with van der Waals surface area (Å²) in [5.41, 5.74) is 9.56. The van der Waals surface area contributed by atoms with Crippen molar-refractivity contribution in [2.24, 2.45) is 11.5 Å². The average Bonchev–Trinajstić information content (AvgIpc) is 2.06. The quantitative estimate of drug-likeness (QED) is 0.712. The van der Waals surface area contributed by atoms with Crippen molar-refractivity contribution in [3.63, 3.8) is 0 Å². The molecule has 0 aliphatic rings. The van der Waals surface area contributed by atoms with Gasteiger partial charge in [-0.3, -0.25) is 0 Å². The van der Waals surface area contributed by atoms with Gasteiger partial charge in [0.2, 0.25) is 0 Å². The molecule has 1 aromatic rings. The van der Waals surface area contributed by atoms with Gasteiger partial charge in [-0.25, -0.2) is 9.59 Å². The van der Waals surface area contributed by atoms with Gasteiger partial charge >= 0.3 is 12.2 Å². The molecule has 73 valence electrons. The smallest absolute Gasteiger partial charge is 0.406 e. The van der Waals surface area contributed by atoms with Gasteiger partial charge in [-0.1, -0.05) is 6.07 Å². The van der Waals surface area contributed by atoms with Gasteiger partial charge in [0.1, 0.15) is 0 Å². The second-order valence-corrected chi connectivity index (χ2v) is 2.22. The number of hydrogen-bond acceptors (Lipinski definition) is 4. The Morgan fingerprint density at radius 2 is 1.71 bits per heavy atom. The summed E-state index contributed by atoms with van der Waals surface area (Å²) < 4.78 is 9.05. The van der Waals surface area contributed by atoms with Crippen LogP contribution in [0.25, 0.3) is 0 Å². The zero-order valence-electron chi connectivity index (χ0n) is 7.02. The van der Waals surface area contributed by atoms with E-state index in [9.17, 15) is 9.59 Å². The minimum Gasteiger partial charge on any atom is -0.406 e. The Bertz CT molecular complexity index is 329. The molecule has 0 saturated heterocycles. The summed E-state index contributed by atoms with van der Waals surface area (Å²) in [4.78, 5) is 20.8. The van der Waals surface area contributed by atoms with E-state index in [2.05, 4.69) is 15.5 Å². The molecule has 14 heavy (non-hydrogen) atoms. The molecule has 0 fully saturated rings. The lowest BCUT2D eigenvalue weighted by Crippen LogP contribution is -2.19. The average molecular weight is 195 g/mol. The lowest BCUT2D eigenvalue weighted by atomic mass is 10.3. The number of amides is 2. The number of carbonyl (C=O) groups is 2. The summed E-state index contributed by atoms with van der Waals surface area (Å²) in [7, 11) is 0. The van der Waals surface area contributed by atoms with Crippen molar-refractivity contribution < 1.29 is 19.1 Å². The van der Waals surface area contributed by atoms with Gasteiger partial charge < -0.3 is 20.9 Å². The van der Waals surface area contributed by atoms with Crippen molar-refractivity contribution >= 4 is 12.2 Å². The van der Waals surface area contributed by atoms with Crippen LogP contribution in [0.2, 0.25) is 0 Å². The number of carbonyl (C=O) groups excluding carboxylic acids is 2. The normalized spacial score (nSPS) is 9.14. The lowest BCUT2D eigenvalue weighted by Gasteiger charge is -2.06. The zero-order chi connectivity index (χ0) is 10.6. The summed E-state index contributed by atoms with van der Waals surface area (Å²) in [6, 6.07) is 6.74. The highest BCUT2D eigenvalue weighted by Gasteiger charge is 2.08. The van der Waals surface area contributed by atoms with Crippen LogP contribution in [0.3, 0.4) is 0 Å². The second kappa shape index (κ2) is 4.13. The maximum absolute atomic E-state index is 10.4.